The van der Waals surface area contributed by atoms with Gasteiger partial charge in [-0.05, 0) is 73.3 Å². The summed E-state index contributed by atoms with van der Waals surface area (Å²) in [5.74, 6) is 0.237. The van der Waals surface area contributed by atoms with E-state index >= 15 is 0 Å². The molecule has 7 heteroatoms. The van der Waals surface area contributed by atoms with Crippen LogP contribution >= 0.6 is 0 Å². The Labute approximate surface area is 223 Å². The molecule has 1 amide bonds. The number of benzene rings is 3. The van der Waals surface area contributed by atoms with Gasteiger partial charge in [0, 0.05) is 39.3 Å². The number of amides is 1. The molecule has 0 spiro atoms. The summed E-state index contributed by atoms with van der Waals surface area (Å²) in [6.45, 7) is 6.06. The molecule has 0 aromatic heterocycles. The lowest BCUT2D eigenvalue weighted by Gasteiger charge is -2.43. The second-order valence-electron chi connectivity index (χ2n) is 10.2. The minimum atomic E-state index is -0.931. The third-order valence-corrected chi connectivity index (χ3v) is 8.01. The van der Waals surface area contributed by atoms with Crippen molar-refractivity contribution in [1.29, 1.82) is 0 Å². The maximum absolute atomic E-state index is 14.1. The Morgan fingerprint density at radius 2 is 1.39 bits per heavy atom. The van der Waals surface area contributed by atoms with Crippen LogP contribution in [0.3, 0.4) is 0 Å². The highest BCUT2D eigenvalue weighted by Crippen LogP contribution is 2.41. The van der Waals surface area contributed by atoms with Crippen LogP contribution in [-0.2, 0) is 10.2 Å². The Morgan fingerprint density at radius 3 is 2.00 bits per heavy atom. The average Bonchev–Trinajstić information content (AvgIpc) is 2.95. The van der Waals surface area contributed by atoms with E-state index in [0.717, 1.165) is 68.1 Å². The van der Waals surface area contributed by atoms with Crippen LogP contribution in [0.5, 0.6) is 5.75 Å². The number of ether oxygens (including phenoxy) is 1. The molecule has 0 N–H and O–H groups in total. The number of rotatable bonds is 8. The van der Waals surface area contributed by atoms with E-state index in [1.165, 1.54) is 24.3 Å². The van der Waals surface area contributed by atoms with Gasteiger partial charge in [0.25, 0.3) is 0 Å². The second kappa shape index (κ2) is 11.5. The lowest BCUT2D eigenvalue weighted by atomic mass is 9.68. The van der Waals surface area contributed by atoms with Gasteiger partial charge < -0.3 is 14.5 Å². The van der Waals surface area contributed by atoms with Gasteiger partial charge >= 0.3 is 0 Å². The predicted molar refractivity (Wildman–Crippen MR) is 146 cm³/mol. The third kappa shape index (κ3) is 5.25. The van der Waals surface area contributed by atoms with Crippen LogP contribution in [0.2, 0.25) is 0 Å². The Hall–Kier alpha value is -3.45. The number of halogens is 2. The molecule has 2 saturated heterocycles. The van der Waals surface area contributed by atoms with Crippen molar-refractivity contribution in [3.8, 4) is 5.75 Å². The maximum Gasteiger partial charge on any atom is 0.237 e. The number of nitrogens with zero attached hydrogens (tertiary/aromatic N) is 3. The van der Waals surface area contributed by atoms with Crippen LogP contribution in [0, 0.1) is 11.6 Å². The van der Waals surface area contributed by atoms with Gasteiger partial charge in [-0.15, -0.1) is 0 Å². The quantitative estimate of drug-likeness (QED) is 0.415. The third-order valence-electron chi connectivity index (χ3n) is 8.01. The van der Waals surface area contributed by atoms with Crippen LogP contribution < -0.4 is 9.64 Å². The first-order valence-corrected chi connectivity index (χ1v) is 13.4. The van der Waals surface area contributed by atoms with Gasteiger partial charge in [0.1, 0.15) is 17.4 Å². The zero-order valence-corrected chi connectivity index (χ0v) is 21.9. The molecule has 2 heterocycles. The zero-order chi connectivity index (χ0) is 26.5. The van der Waals surface area contributed by atoms with Crippen molar-refractivity contribution in [1.82, 2.24) is 9.80 Å². The fourth-order valence-corrected chi connectivity index (χ4v) is 5.99. The summed E-state index contributed by atoms with van der Waals surface area (Å²) in [7, 11) is 1.71. The molecule has 0 bridgehead atoms. The monoisotopic (exact) mass is 519 g/mol. The molecule has 2 aliphatic heterocycles. The molecule has 0 atom stereocenters. The first kappa shape index (κ1) is 26.2. The van der Waals surface area contributed by atoms with Gasteiger partial charge in [-0.25, -0.2) is 8.78 Å². The molecule has 200 valence electrons. The normalized spacial score (nSPS) is 18.0. The molecular formula is C31H35F2N3O2. The van der Waals surface area contributed by atoms with Gasteiger partial charge in [0.15, 0.2) is 0 Å². The van der Waals surface area contributed by atoms with E-state index in [-0.39, 0.29) is 17.5 Å². The predicted octanol–water partition coefficient (Wildman–Crippen LogP) is 5.09. The smallest absolute Gasteiger partial charge is 0.237 e. The van der Waals surface area contributed by atoms with E-state index in [2.05, 4.69) is 15.9 Å². The number of carbonyl (C=O) groups is 1. The van der Waals surface area contributed by atoms with Gasteiger partial charge in [-0.1, -0.05) is 36.4 Å². The summed E-state index contributed by atoms with van der Waals surface area (Å²) in [6, 6.07) is 20.5. The van der Waals surface area contributed by atoms with Gasteiger partial charge in [-0.3, -0.25) is 9.69 Å². The first-order valence-electron chi connectivity index (χ1n) is 13.4. The number of methoxy groups -OCH3 is 1. The highest BCUT2D eigenvalue weighted by molar-refractivity contribution is 5.93. The molecule has 3 aromatic rings. The topological polar surface area (TPSA) is 36.0 Å². The van der Waals surface area contributed by atoms with Crippen molar-refractivity contribution in [2.45, 2.75) is 24.7 Å². The van der Waals surface area contributed by atoms with E-state index in [9.17, 15) is 13.6 Å². The van der Waals surface area contributed by atoms with Crippen LogP contribution in [0.25, 0.3) is 0 Å². The van der Waals surface area contributed by atoms with Crippen LogP contribution in [0.1, 0.15) is 30.4 Å². The molecule has 0 aliphatic carbocycles. The number of piperazine rings is 1. The summed E-state index contributed by atoms with van der Waals surface area (Å²) >= 11 is 0. The molecule has 5 rings (SSSR count). The SMILES string of the molecule is COc1ccccc1N1CCN(CCCN2CCCC(c3ccc(F)cc3)(c3ccc(F)cc3)C2=O)CC1. The maximum atomic E-state index is 14.1. The molecule has 0 unspecified atom stereocenters. The van der Waals surface area contributed by atoms with Gasteiger partial charge in [-0.2, -0.15) is 0 Å². The van der Waals surface area contributed by atoms with E-state index in [4.69, 9.17) is 4.74 Å². The number of hydrogen-bond donors (Lipinski definition) is 0. The molecule has 38 heavy (non-hydrogen) atoms. The van der Waals surface area contributed by atoms with E-state index in [1.807, 2.05) is 23.1 Å². The van der Waals surface area contributed by atoms with Crippen LogP contribution in [-0.4, -0.2) is 68.6 Å². The molecule has 5 nitrogen and oxygen atoms in total. The fourth-order valence-electron chi connectivity index (χ4n) is 5.99. The van der Waals surface area contributed by atoms with Crippen molar-refractivity contribution in [2.75, 3.05) is 57.8 Å². The summed E-state index contributed by atoms with van der Waals surface area (Å²) in [5, 5.41) is 0. The highest BCUT2D eigenvalue weighted by Gasteiger charge is 2.46. The summed E-state index contributed by atoms with van der Waals surface area (Å²) in [6.07, 6.45) is 2.33. The van der Waals surface area contributed by atoms with Crippen molar-refractivity contribution in [2.24, 2.45) is 0 Å². The molecular weight excluding hydrogens is 484 g/mol. The standard InChI is InChI=1S/C31H35F2N3O2/c1-38-29-7-3-2-6-28(29)35-22-20-34(21-23-35)17-5-19-36-18-4-16-31(30(36)37,24-8-12-26(32)13-9-24)25-10-14-27(33)15-11-25/h2-3,6-15H,4-5,16-23H2,1H3. The highest BCUT2D eigenvalue weighted by atomic mass is 19.1. The van der Waals surface area contributed by atoms with Crippen LogP contribution in [0.4, 0.5) is 14.5 Å². The molecule has 3 aromatic carbocycles. The lowest BCUT2D eigenvalue weighted by Crippen LogP contribution is -2.53. The Morgan fingerprint density at radius 1 is 0.789 bits per heavy atom. The fraction of sp³-hybridized carbons (Fsp3) is 0.387. The molecule has 2 fully saturated rings. The zero-order valence-electron chi connectivity index (χ0n) is 21.9. The van der Waals surface area contributed by atoms with E-state index < -0.39 is 5.41 Å². The Bertz CT molecular complexity index is 1180. The molecule has 0 radical (unpaired) electrons. The van der Waals surface area contributed by atoms with Crippen molar-refractivity contribution in [3.63, 3.8) is 0 Å². The number of piperidine rings is 1. The van der Waals surface area contributed by atoms with E-state index in [0.29, 0.717) is 19.5 Å². The van der Waals surface area contributed by atoms with Crippen molar-refractivity contribution in [3.05, 3.63) is 95.6 Å². The Kier molecular flexibility index (Phi) is 7.93. The van der Waals surface area contributed by atoms with E-state index in [1.54, 1.807) is 31.4 Å². The number of likely N-dealkylation sites (tertiary alicyclic amines) is 1. The van der Waals surface area contributed by atoms with Crippen LogP contribution in [0.15, 0.2) is 72.8 Å². The average molecular weight is 520 g/mol. The van der Waals surface area contributed by atoms with Gasteiger partial charge in [0.05, 0.1) is 18.2 Å². The minimum Gasteiger partial charge on any atom is -0.495 e. The molecule has 0 saturated carbocycles. The summed E-state index contributed by atoms with van der Waals surface area (Å²) < 4.78 is 33.0. The molecule has 2 aliphatic rings. The largest absolute Gasteiger partial charge is 0.495 e. The minimum absolute atomic E-state index is 0.0166. The summed E-state index contributed by atoms with van der Waals surface area (Å²) in [4.78, 5) is 20.8. The van der Waals surface area contributed by atoms with Gasteiger partial charge in [0.2, 0.25) is 5.91 Å². The second-order valence-corrected chi connectivity index (χ2v) is 10.2. The Balaban J connectivity index is 1.23. The number of carbonyl (C=O) groups excluding carboxylic acids is 1. The summed E-state index contributed by atoms with van der Waals surface area (Å²) in [5.41, 5.74) is 1.71. The van der Waals surface area contributed by atoms with Crippen molar-refractivity contribution >= 4 is 11.6 Å². The van der Waals surface area contributed by atoms with Crippen molar-refractivity contribution < 1.29 is 18.3 Å². The number of para-hydroxylation sites is 2. The lowest BCUT2D eigenvalue weighted by molar-refractivity contribution is -0.139. The first-order chi connectivity index (χ1) is 18.5. The number of anilines is 1. The number of hydrogen-bond acceptors (Lipinski definition) is 4.